The molecule has 0 N–H and O–H groups in total. The fraction of sp³-hybridized carbons (Fsp3) is 0.0500. The van der Waals surface area contributed by atoms with Gasteiger partial charge in [0.1, 0.15) is 34.9 Å². The Hall–Kier alpha value is -4.06. The summed E-state index contributed by atoms with van der Waals surface area (Å²) in [5.74, 6) is -48.3. The van der Waals surface area contributed by atoms with Crippen molar-refractivity contribution >= 4 is 29.0 Å². The number of benzene rings is 3. The van der Waals surface area contributed by atoms with E-state index < -0.39 is 115 Å². The molecule has 3 nitrogen and oxygen atoms in total. The number of hydrogen-bond donors (Lipinski definition) is 0. The molecule has 0 saturated heterocycles. The topological polar surface area (TPSA) is 35.3 Å². The fourth-order valence-corrected chi connectivity index (χ4v) is 3.74. The number of halogens is 15. The first-order chi connectivity index (χ1) is 18.0. The summed E-state index contributed by atoms with van der Waals surface area (Å²) in [6.07, 6.45) is -6.40. The molecular weight excluding hydrogens is 582 g/mol. The zero-order chi connectivity index (χ0) is 29.9. The monoisotopic (exact) mass is 586 g/mol. The molecule has 0 unspecified atom stereocenters. The molecule has 0 fully saturated rings. The summed E-state index contributed by atoms with van der Waals surface area (Å²) in [5, 5.41) is 12.1. The highest BCUT2D eigenvalue weighted by molar-refractivity contribution is 7.07. The second kappa shape index (κ2) is 9.92. The van der Waals surface area contributed by atoms with Crippen molar-refractivity contribution < 1.29 is 75.5 Å². The van der Waals surface area contributed by atoms with E-state index in [0.717, 1.165) is 0 Å². The summed E-state index contributed by atoms with van der Waals surface area (Å²) < 4.78 is 220. The van der Waals surface area contributed by atoms with E-state index in [9.17, 15) is 71.1 Å². The molecule has 0 aliphatic carbocycles. The van der Waals surface area contributed by atoms with E-state index >= 15 is 0 Å². The van der Waals surface area contributed by atoms with Crippen molar-refractivity contribution in [1.82, 2.24) is 0 Å². The molecule has 0 spiro atoms. The Bertz CT molecular complexity index is 1320. The van der Waals surface area contributed by atoms with Gasteiger partial charge in [-0.05, 0) is 4.90 Å². The molecule has 39 heavy (non-hydrogen) atoms. The molecule has 0 heterocycles. The molecule has 0 aliphatic rings. The summed E-state index contributed by atoms with van der Waals surface area (Å²) in [5.41, 5.74) is -9.17. The third-order valence-corrected chi connectivity index (χ3v) is 5.42. The Morgan fingerprint density at radius 3 is 0.795 bits per heavy atom. The minimum Gasteiger partial charge on any atom is -0.588 e. The van der Waals surface area contributed by atoms with Crippen LogP contribution in [0.2, 0.25) is 0 Å². The molecule has 0 radical (unpaired) electrons. The second-order valence-corrected chi connectivity index (χ2v) is 7.39. The van der Waals surface area contributed by atoms with E-state index in [1.165, 1.54) is 0 Å². The van der Waals surface area contributed by atoms with Gasteiger partial charge in [-0.3, -0.25) is 5.21 Å². The molecule has 0 amide bonds. The fourth-order valence-electron chi connectivity index (χ4n) is 3.74. The summed E-state index contributed by atoms with van der Waals surface area (Å²) in [6.45, 7) is 0.559. The highest BCUT2D eigenvalue weighted by Crippen LogP contribution is 2.28. The molecule has 0 aromatic heterocycles. The van der Waals surface area contributed by atoms with Crippen LogP contribution < -0.4 is 16.4 Å². The van der Waals surface area contributed by atoms with Crippen molar-refractivity contribution in [3.63, 3.8) is 0 Å². The van der Waals surface area contributed by atoms with Crippen LogP contribution in [0.5, 0.6) is 0 Å². The quantitative estimate of drug-likeness (QED) is 0.0853. The normalized spacial score (nSPS) is 12.4. The average molecular weight is 586 g/mol. The van der Waals surface area contributed by atoms with Crippen LogP contribution in [-0.2, 0) is 4.76 Å². The van der Waals surface area contributed by atoms with Crippen molar-refractivity contribution in [3.8, 4) is 0 Å². The van der Waals surface area contributed by atoms with Crippen LogP contribution in [-0.4, -0.2) is 17.5 Å². The van der Waals surface area contributed by atoms with E-state index in [2.05, 4.69) is 4.76 Å². The lowest BCUT2D eigenvalue weighted by Gasteiger charge is -2.46. The van der Waals surface area contributed by atoms with Crippen LogP contribution in [0.25, 0.3) is 0 Å². The maximum Gasteiger partial charge on any atom is 0.209 e. The lowest BCUT2D eigenvalue weighted by atomic mass is 9.27. The Labute approximate surface area is 204 Å². The number of nitrogens with zero attached hydrogens (tertiary/aromatic N) is 1. The van der Waals surface area contributed by atoms with Gasteiger partial charge in [-0.25, -0.2) is 65.9 Å². The SMILES string of the molecule is C/C=[N+](\[O-])O[B-](c1c(F)c(F)c(F)c(F)c1F)(c1c(F)c(F)c(F)c(F)c1F)c1c(F)c(F)c(F)c(F)c1F. The third kappa shape index (κ3) is 4.01. The minimum atomic E-state index is -6.38. The number of hydrogen-bond acceptors (Lipinski definition) is 2. The lowest BCUT2D eigenvalue weighted by Crippen LogP contribution is -2.75. The van der Waals surface area contributed by atoms with Gasteiger partial charge in [0.15, 0.2) is 52.4 Å². The second-order valence-electron chi connectivity index (χ2n) is 7.39. The smallest absolute Gasteiger partial charge is 0.209 e. The first-order valence-electron chi connectivity index (χ1n) is 9.64. The summed E-state index contributed by atoms with van der Waals surface area (Å²) >= 11 is 0. The Balaban J connectivity index is 2.92. The Morgan fingerprint density at radius 2 is 0.615 bits per heavy atom. The van der Waals surface area contributed by atoms with Gasteiger partial charge in [0, 0.05) is 6.92 Å². The van der Waals surface area contributed by atoms with Gasteiger partial charge >= 0.3 is 0 Å². The van der Waals surface area contributed by atoms with Crippen molar-refractivity contribution in [1.29, 1.82) is 0 Å². The molecule has 19 heteroatoms. The molecule has 0 bridgehead atoms. The Kier molecular flexibility index (Phi) is 7.50. The van der Waals surface area contributed by atoms with E-state index in [-0.39, 0.29) is 6.21 Å². The molecule has 3 aromatic carbocycles. The lowest BCUT2D eigenvalue weighted by molar-refractivity contribution is -0.699. The zero-order valence-corrected chi connectivity index (χ0v) is 18.1. The van der Waals surface area contributed by atoms with Gasteiger partial charge in [0.2, 0.25) is 12.6 Å². The van der Waals surface area contributed by atoms with Gasteiger partial charge < -0.3 is 4.76 Å². The van der Waals surface area contributed by atoms with Crippen molar-refractivity contribution in [2.75, 3.05) is 0 Å². The van der Waals surface area contributed by atoms with E-state index in [4.69, 9.17) is 0 Å². The van der Waals surface area contributed by atoms with E-state index in [1.54, 1.807) is 0 Å². The van der Waals surface area contributed by atoms with Crippen LogP contribution in [0.3, 0.4) is 0 Å². The zero-order valence-electron chi connectivity index (χ0n) is 18.1. The molecule has 3 aromatic rings. The van der Waals surface area contributed by atoms with Crippen LogP contribution in [0.4, 0.5) is 65.9 Å². The maximum atomic E-state index is 15.0. The summed E-state index contributed by atoms with van der Waals surface area (Å²) in [4.78, 5) is -1.31. The van der Waals surface area contributed by atoms with Crippen molar-refractivity contribution in [3.05, 3.63) is 92.5 Å². The highest BCUT2D eigenvalue weighted by Gasteiger charge is 2.48. The van der Waals surface area contributed by atoms with Crippen LogP contribution in [0.1, 0.15) is 6.92 Å². The van der Waals surface area contributed by atoms with Crippen LogP contribution in [0, 0.1) is 92.5 Å². The van der Waals surface area contributed by atoms with E-state index in [0.29, 0.717) is 6.92 Å². The van der Waals surface area contributed by atoms with Gasteiger partial charge in [-0.2, -0.15) is 0 Å². The predicted molar refractivity (Wildman–Crippen MR) is 99.8 cm³/mol. The molecule has 3 rings (SSSR count). The first kappa shape index (κ1) is 29.5. The van der Waals surface area contributed by atoms with Crippen LogP contribution >= 0.6 is 0 Å². The molecule has 0 saturated carbocycles. The highest BCUT2D eigenvalue weighted by atomic mass is 19.2. The van der Waals surface area contributed by atoms with E-state index in [1.807, 2.05) is 0 Å². The van der Waals surface area contributed by atoms with Gasteiger partial charge in [0.25, 0.3) is 0 Å². The van der Waals surface area contributed by atoms with Gasteiger partial charge in [-0.15, -0.1) is 16.4 Å². The van der Waals surface area contributed by atoms with Crippen LogP contribution in [0.15, 0.2) is 0 Å². The summed E-state index contributed by atoms with van der Waals surface area (Å²) in [7, 11) is 0. The molecule has 0 atom stereocenters. The summed E-state index contributed by atoms with van der Waals surface area (Å²) in [6, 6.07) is 0. The first-order valence-corrected chi connectivity index (χ1v) is 9.64. The third-order valence-electron chi connectivity index (χ3n) is 5.42. The maximum absolute atomic E-state index is 15.0. The largest absolute Gasteiger partial charge is 0.588 e. The van der Waals surface area contributed by atoms with Gasteiger partial charge in [0.05, 0.1) is 0 Å². The standard InChI is InChI=1S/C20H4BF15NO2/c1-2-37(38)39-21(3-6(22)12(28)18(34)13(29)7(3)23,4-8(24)14(30)19(35)15(31)9(4)25)5-10(26)16(32)20(36)17(33)11(5)27/h2H,1H3/q-1/b37-2+. The molecular formula is C20H4BF15NO2-. The predicted octanol–water partition coefficient (Wildman–Crippen LogP) is 4.27. The Morgan fingerprint density at radius 1 is 0.436 bits per heavy atom. The number of rotatable bonds is 5. The average Bonchev–Trinajstić information content (AvgIpc) is 2.90. The minimum absolute atomic E-state index is 0.0271. The molecule has 0 aliphatic heterocycles. The van der Waals surface area contributed by atoms with Crippen molar-refractivity contribution in [2.45, 2.75) is 6.92 Å². The molecule has 210 valence electrons. The van der Waals surface area contributed by atoms with Crippen molar-refractivity contribution in [2.24, 2.45) is 0 Å². The van der Waals surface area contributed by atoms with Gasteiger partial charge in [-0.1, -0.05) is 0 Å².